The molecule has 1 aliphatic rings. The molecule has 0 radical (unpaired) electrons. The van der Waals surface area contributed by atoms with Crippen molar-refractivity contribution in [3.05, 3.63) is 101 Å². The summed E-state index contributed by atoms with van der Waals surface area (Å²) < 4.78 is 14.0. The van der Waals surface area contributed by atoms with Crippen molar-refractivity contribution in [2.75, 3.05) is 0 Å². The number of aliphatic imine (C=N–C) groups is 1. The largest absolute Gasteiger partial charge is 0.487 e. The van der Waals surface area contributed by atoms with Gasteiger partial charge in [0.2, 0.25) is 5.90 Å². The highest BCUT2D eigenvalue weighted by Crippen LogP contribution is 2.36. The van der Waals surface area contributed by atoms with Crippen LogP contribution in [-0.2, 0) is 16.1 Å². The molecule has 31 heavy (non-hydrogen) atoms. The maximum absolute atomic E-state index is 12.3. The van der Waals surface area contributed by atoms with Crippen molar-refractivity contribution < 1.29 is 14.3 Å². The second kappa shape index (κ2) is 9.85. The fourth-order valence-electron chi connectivity index (χ4n) is 2.85. The first-order valence-corrected chi connectivity index (χ1v) is 12.1. The Bertz CT molecular complexity index is 1200. The van der Waals surface area contributed by atoms with Crippen molar-refractivity contribution >= 4 is 84.0 Å². The molecule has 0 fully saturated rings. The molecule has 0 atom stereocenters. The summed E-state index contributed by atoms with van der Waals surface area (Å²) in [6.07, 6.45) is 1.66. The van der Waals surface area contributed by atoms with Gasteiger partial charge in [-0.15, -0.1) is 0 Å². The fraction of sp³-hybridized carbons (Fsp3) is 0.0435. The number of halogens is 4. The zero-order valence-corrected chi connectivity index (χ0v) is 21.8. The Hall–Kier alpha value is -1.68. The minimum Gasteiger partial charge on any atom is -0.487 e. The Kier molecular flexibility index (Phi) is 7.15. The highest BCUT2D eigenvalue weighted by Gasteiger charge is 2.25. The minimum atomic E-state index is -0.527. The summed E-state index contributed by atoms with van der Waals surface area (Å²) in [7, 11) is 0. The number of carbonyl (C=O) groups is 1. The number of carbonyl (C=O) groups excluding carboxylic acids is 1. The molecule has 0 saturated heterocycles. The zero-order chi connectivity index (χ0) is 22.0. The molecular weight excluding hydrogens is 660 g/mol. The zero-order valence-electron chi connectivity index (χ0n) is 15.7. The lowest BCUT2D eigenvalue weighted by molar-refractivity contribution is -0.129. The highest BCUT2D eigenvalue weighted by atomic mass is 127. The third-order valence-corrected chi connectivity index (χ3v) is 6.57. The van der Waals surface area contributed by atoms with Crippen LogP contribution < -0.4 is 4.74 Å². The van der Waals surface area contributed by atoms with E-state index in [2.05, 4.69) is 59.4 Å². The number of ether oxygens (including phenoxy) is 2. The van der Waals surface area contributed by atoms with E-state index in [1.165, 1.54) is 3.57 Å². The smallest absolute Gasteiger partial charge is 0.363 e. The summed E-state index contributed by atoms with van der Waals surface area (Å²) in [5.41, 5.74) is 2.60. The molecule has 0 amide bonds. The molecule has 0 aliphatic carbocycles. The molecule has 1 heterocycles. The molecule has 0 aromatic heterocycles. The Morgan fingerprint density at radius 3 is 2.42 bits per heavy atom. The SMILES string of the molecule is O=C1OC(c2ccccc2Cl)=N/C1=C/c1cc(Br)c(OCc2ccc(I)cc2)c(Br)c1. The average molecular weight is 674 g/mol. The number of rotatable bonds is 5. The van der Waals surface area contributed by atoms with Gasteiger partial charge < -0.3 is 9.47 Å². The summed E-state index contributed by atoms with van der Waals surface area (Å²) in [5, 5.41) is 0.468. The molecule has 0 saturated carbocycles. The molecule has 3 aromatic carbocycles. The quantitative estimate of drug-likeness (QED) is 0.161. The first-order chi connectivity index (χ1) is 14.9. The van der Waals surface area contributed by atoms with E-state index >= 15 is 0 Å². The van der Waals surface area contributed by atoms with Gasteiger partial charge in [0.25, 0.3) is 0 Å². The standard InChI is InChI=1S/C23H13Br2ClINO3/c24-17-9-14(10-18(25)21(17)30-12-13-5-7-15(27)8-6-13)11-20-23(29)31-22(28-20)16-3-1-2-4-19(16)26/h1-11H,12H2/b20-11+. The Balaban J connectivity index is 1.56. The summed E-state index contributed by atoms with van der Waals surface area (Å²) in [6, 6.07) is 18.9. The Morgan fingerprint density at radius 1 is 1.06 bits per heavy atom. The van der Waals surface area contributed by atoms with E-state index in [4.69, 9.17) is 21.1 Å². The van der Waals surface area contributed by atoms with Crippen LogP contribution in [0.15, 0.2) is 80.3 Å². The summed E-state index contributed by atoms with van der Waals surface area (Å²) in [6.45, 7) is 0.437. The molecule has 156 valence electrons. The molecule has 0 bridgehead atoms. The minimum absolute atomic E-state index is 0.192. The van der Waals surface area contributed by atoms with E-state index < -0.39 is 5.97 Å². The van der Waals surface area contributed by atoms with Crippen molar-refractivity contribution in [1.82, 2.24) is 0 Å². The number of hydrogen-bond acceptors (Lipinski definition) is 4. The Morgan fingerprint density at radius 2 is 1.74 bits per heavy atom. The lowest BCUT2D eigenvalue weighted by atomic mass is 10.2. The summed E-state index contributed by atoms with van der Waals surface area (Å²) in [5.74, 6) is 0.341. The van der Waals surface area contributed by atoms with Crippen molar-refractivity contribution in [2.45, 2.75) is 6.61 Å². The molecule has 4 rings (SSSR count). The average Bonchev–Trinajstić information content (AvgIpc) is 3.09. The summed E-state index contributed by atoms with van der Waals surface area (Å²) in [4.78, 5) is 16.6. The van der Waals surface area contributed by atoms with E-state index in [-0.39, 0.29) is 11.6 Å². The molecule has 0 unspecified atom stereocenters. The molecule has 1 aliphatic heterocycles. The Labute approximate surface area is 214 Å². The van der Waals surface area contributed by atoms with Crippen LogP contribution in [0.1, 0.15) is 16.7 Å². The third-order valence-electron chi connectivity index (χ3n) is 4.35. The number of esters is 1. The van der Waals surface area contributed by atoms with Gasteiger partial charge in [0.1, 0.15) is 12.4 Å². The van der Waals surface area contributed by atoms with Gasteiger partial charge in [0.05, 0.1) is 19.5 Å². The molecule has 4 nitrogen and oxygen atoms in total. The van der Waals surface area contributed by atoms with E-state index in [0.29, 0.717) is 22.9 Å². The van der Waals surface area contributed by atoms with E-state index in [9.17, 15) is 4.79 Å². The molecule has 0 N–H and O–H groups in total. The number of nitrogens with zero attached hydrogens (tertiary/aromatic N) is 1. The summed E-state index contributed by atoms with van der Waals surface area (Å²) >= 11 is 15.6. The molecule has 8 heteroatoms. The van der Waals surface area contributed by atoms with Gasteiger partial charge in [-0.1, -0.05) is 35.9 Å². The van der Waals surface area contributed by atoms with Gasteiger partial charge in [-0.3, -0.25) is 0 Å². The lowest BCUT2D eigenvalue weighted by Crippen LogP contribution is -2.05. The van der Waals surface area contributed by atoms with Gasteiger partial charge in [0.15, 0.2) is 5.70 Å². The van der Waals surface area contributed by atoms with E-state index in [1.807, 2.05) is 42.5 Å². The molecule has 3 aromatic rings. The topological polar surface area (TPSA) is 47.9 Å². The highest BCUT2D eigenvalue weighted by molar-refractivity contribution is 14.1. The van der Waals surface area contributed by atoms with Crippen molar-refractivity contribution in [1.29, 1.82) is 0 Å². The van der Waals surface area contributed by atoms with Gasteiger partial charge >= 0.3 is 5.97 Å². The van der Waals surface area contributed by atoms with Crippen LogP contribution in [0.4, 0.5) is 0 Å². The van der Waals surface area contributed by atoms with Crippen LogP contribution in [0.25, 0.3) is 6.08 Å². The van der Waals surface area contributed by atoms with Gasteiger partial charge in [-0.25, -0.2) is 9.79 Å². The first kappa shape index (κ1) is 22.5. The maximum Gasteiger partial charge on any atom is 0.363 e. The van der Waals surface area contributed by atoms with Crippen molar-refractivity contribution in [2.24, 2.45) is 4.99 Å². The molecular formula is C23H13Br2ClINO3. The monoisotopic (exact) mass is 671 g/mol. The van der Waals surface area contributed by atoms with Crippen LogP contribution in [-0.4, -0.2) is 11.9 Å². The van der Waals surface area contributed by atoms with Crippen LogP contribution >= 0.6 is 66.1 Å². The second-order valence-corrected chi connectivity index (χ2v) is 9.91. The van der Waals surface area contributed by atoms with E-state index in [0.717, 1.165) is 20.1 Å². The molecule has 0 spiro atoms. The fourth-order valence-corrected chi connectivity index (χ4v) is 4.88. The van der Waals surface area contributed by atoms with Crippen LogP contribution in [0, 0.1) is 3.57 Å². The maximum atomic E-state index is 12.3. The lowest BCUT2D eigenvalue weighted by Gasteiger charge is -2.11. The van der Waals surface area contributed by atoms with Gasteiger partial charge in [0, 0.05) is 3.57 Å². The number of cyclic esters (lactones) is 1. The van der Waals surface area contributed by atoms with Crippen molar-refractivity contribution in [3.8, 4) is 5.75 Å². The number of hydrogen-bond donors (Lipinski definition) is 0. The predicted octanol–water partition coefficient (Wildman–Crippen LogP) is 7.39. The second-order valence-electron chi connectivity index (χ2n) is 6.54. The normalized spacial score (nSPS) is 14.5. The van der Waals surface area contributed by atoms with Crippen molar-refractivity contribution in [3.63, 3.8) is 0 Å². The van der Waals surface area contributed by atoms with E-state index in [1.54, 1.807) is 24.3 Å². The number of benzene rings is 3. The first-order valence-electron chi connectivity index (χ1n) is 9.04. The van der Waals surface area contributed by atoms with Crippen LogP contribution in [0.2, 0.25) is 5.02 Å². The predicted molar refractivity (Wildman–Crippen MR) is 137 cm³/mol. The third kappa shape index (κ3) is 5.39. The van der Waals surface area contributed by atoms with Gasteiger partial charge in [-0.2, -0.15) is 0 Å². The van der Waals surface area contributed by atoms with Crippen LogP contribution in [0.5, 0.6) is 5.75 Å². The van der Waals surface area contributed by atoms with Crippen LogP contribution in [0.3, 0.4) is 0 Å². The van der Waals surface area contributed by atoms with Gasteiger partial charge in [-0.05, 0) is 108 Å².